The molecule has 1 fully saturated rings. The van der Waals surface area contributed by atoms with Crippen LogP contribution in [0.3, 0.4) is 0 Å². The van der Waals surface area contributed by atoms with Crippen LogP contribution >= 0.6 is 0 Å². The number of hydrogen-bond donors (Lipinski definition) is 0. The molecule has 0 spiro atoms. The molecule has 1 amide bonds. The highest BCUT2D eigenvalue weighted by Crippen LogP contribution is 2.43. The number of pyridine rings is 1. The molecule has 0 N–H and O–H groups in total. The third-order valence-electron chi connectivity index (χ3n) is 5.51. The van der Waals surface area contributed by atoms with E-state index in [0.29, 0.717) is 16.8 Å². The minimum atomic E-state index is -4.93. The molecule has 160 valence electrons. The summed E-state index contributed by atoms with van der Waals surface area (Å²) in [6, 6.07) is 5.99. The molecule has 11 heteroatoms. The summed E-state index contributed by atoms with van der Waals surface area (Å²) in [6.45, 7) is 3.65. The molecule has 1 atom stereocenters. The van der Waals surface area contributed by atoms with Crippen LogP contribution in [0.1, 0.15) is 28.5 Å². The lowest BCUT2D eigenvalue weighted by Crippen LogP contribution is -2.58. The Morgan fingerprint density at radius 3 is 2.63 bits per heavy atom. The van der Waals surface area contributed by atoms with Gasteiger partial charge in [-0.2, -0.15) is 4.31 Å². The first-order valence-corrected chi connectivity index (χ1v) is 10.5. The first-order valence-electron chi connectivity index (χ1n) is 9.07. The van der Waals surface area contributed by atoms with Gasteiger partial charge in [-0.3, -0.25) is 9.78 Å². The van der Waals surface area contributed by atoms with E-state index in [1.807, 2.05) is 0 Å². The summed E-state index contributed by atoms with van der Waals surface area (Å²) in [7, 11) is -4.11. The van der Waals surface area contributed by atoms with Crippen molar-refractivity contribution in [2.75, 3.05) is 19.6 Å². The highest BCUT2D eigenvalue weighted by molar-refractivity contribution is 7.89. The Kier molecular flexibility index (Phi) is 4.58. The second-order valence-corrected chi connectivity index (χ2v) is 9.35. The van der Waals surface area contributed by atoms with Crippen molar-refractivity contribution in [2.24, 2.45) is 0 Å². The molecule has 30 heavy (non-hydrogen) atoms. The molecule has 0 aliphatic carbocycles. The number of sulfonamides is 1. The quantitative estimate of drug-likeness (QED) is 0.732. The van der Waals surface area contributed by atoms with Gasteiger partial charge in [-0.1, -0.05) is 6.07 Å². The summed E-state index contributed by atoms with van der Waals surface area (Å²) in [5, 5.41) is 0. The highest BCUT2D eigenvalue weighted by Gasteiger charge is 2.52. The van der Waals surface area contributed by atoms with E-state index in [-0.39, 0.29) is 30.4 Å². The Morgan fingerprint density at radius 2 is 1.93 bits per heavy atom. The zero-order chi connectivity index (χ0) is 21.9. The smallest absolute Gasteiger partial charge is 0.406 e. The number of hydrogen-bond acceptors (Lipinski definition) is 5. The maximum absolute atomic E-state index is 13.2. The zero-order valence-corrected chi connectivity index (χ0v) is 16.9. The molecule has 2 aliphatic heterocycles. The summed E-state index contributed by atoms with van der Waals surface area (Å²) in [4.78, 5) is 18.3. The Morgan fingerprint density at radius 1 is 1.20 bits per heavy atom. The van der Waals surface area contributed by atoms with Gasteiger partial charge in [0.2, 0.25) is 10.0 Å². The summed E-state index contributed by atoms with van der Waals surface area (Å²) in [5.74, 6) is -0.813. The maximum Gasteiger partial charge on any atom is 0.573 e. The fourth-order valence-electron chi connectivity index (χ4n) is 4.13. The van der Waals surface area contributed by atoms with Crippen molar-refractivity contribution < 1.29 is 31.1 Å². The fraction of sp³-hybridized carbons (Fsp3) is 0.368. The Balaban J connectivity index is 1.68. The number of carbonyl (C=O) groups excluding carboxylic acids is 1. The zero-order valence-electron chi connectivity index (χ0n) is 16.1. The summed E-state index contributed by atoms with van der Waals surface area (Å²) < 4.78 is 68.9. The van der Waals surface area contributed by atoms with Crippen LogP contribution < -0.4 is 4.74 Å². The van der Waals surface area contributed by atoms with Crippen molar-refractivity contribution in [3.63, 3.8) is 0 Å². The Hall–Kier alpha value is -2.66. The molecule has 2 aromatic rings. The monoisotopic (exact) mass is 441 g/mol. The van der Waals surface area contributed by atoms with Gasteiger partial charge in [0.1, 0.15) is 5.75 Å². The van der Waals surface area contributed by atoms with Crippen LogP contribution in [0.15, 0.2) is 41.4 Å². The third-order valence-corrected chi connectivity index (χ3v) is 7.35. The SMILES string of the molecule is Cc1nccc2c1C(=O)N1CCN(S(=O)(=O)c3cccc(OC(F)(F)F)c3)CC21C. The minimum absolute atomic E-state index is 0.0223. The van der Waals surface area contributed by atoms with Gasteiger partial charge in [0, 0.05) is 31.9 Å². The first-order chi connectivity index (χ1) is 13.9. The molecule has 4 rings (SSSR count). The number of aromatic nitrogens is 1. The fourth-order valence-corrected chi connectivity index (χ4v) is 5.69. The van der Waals surface area contributed by atoms with Gasteiger partial charge in [0.25, 0.3) is 5.91 Å². The number of nitrogens with zero attached hydrogens (tertiary/aromatic N) is 3. The van der Waals surface area contributed by atoms with Gasteiger partial charge in [-0.25, -0.2) is 8.42 Å². The van der Waals surface area contributed by atoms with Crippen molar-refractivity contribution in [2.45, 2.75) is 30.6 Å². The molecule has 0 saturated carbocycles. The normalized spacial score (nSPS) is 22.0. The molecular weight excluding hydrogens is 423 g/mol. The van der Waals surface area contributed by atoms with Gasteiger partial charge in [-0.05, 0) is 37.6 Å². The Bertz CT molecular complexity index is 1140. The maximum atomic E-state index is 13.2. The molecule has 1 aromatic heterocycles. The van der Waals surface area contributed by atoms with E-state index in [1.54, 1.807) is 31.0 Å². The van der Waals surface area contributed by atoms with Crippen LogP contribution in [0.5, 0.6) is 5.75 Å². The van der Waals surface area contributed by atoms with Crippen LogP contribution in [0.25, 0.3) is 0 Å². The van der Waals surface area contributed by atoms with Crippen molar-refractivity contribution in [3.8, 4) is 5.75 Å². The summed E-state index contributed by atoms with van der Waals surface area (Å²) >= 11 is 0. The van der Waals surface area contributed by atoms with Gasteiger partial charge in [0.15, 0.2) is 0 Å². The van der Waals surface area contributed by atoms with E-state index in [1.165, 1.54) is 16.4 Å². The molecule has 1 saturated heterocycles. The number of carbonyl (C=O) groups is 1. The number of fused-ring (bicyclic) bond motifs is 3. The molecule has 2 aliphatic rings. The van der Waals surface area contributed by atoms with E-state index in [9.17, 15) is 26.4 Å². The van der Waals surface area contributed by atoms with Crippen LogP contribution in [-0.2, 0) is 15.6 Å². The number of aryl methyl sites for hydroxylation is 1. The molecular formula is C19H18F3N3O4S. The van der Waals surface area contributed by atoms with Crippen molar-refractivity contribution >= 4 is 15.9 Å². The molecule has 0 radical (unpaired) electrons. The summed E-state index contributed by atoms with van der Waals surface area (Å²) in [5.41, 5.74) is 0.833. The number of benzene rings is 1. The molecule has 7 nitrogen and oxygen atoms in total. The van der Waals surface area contributed by atoms with E-state index in [4.69, 9.17) is 0 Å². The van der Waals surface area contributed by atoms with Crippen LogP contribution in [0.2, 0.25) is 0 Å². The lowest BCUT2D eigenvalue weighted by Gasteiger charge is -2.44. The second-order valence-electron chi connectivity index (χ2n) is 7.41. The van der Waals surface area contributed by atoms with Crippen LogP contribution in [-0.4, -0.2) is 54.5 Å². The third kappa shape index (κ3) is 3.21. The van der Waals surface area contributed by atoms with Crippen LogP contribution in [0, 0.1) is 6.92 Å². The van der Waals surface area contributed by atoms with E-state index < -0.39 is 27.7 Å². The topological polar surface area (TPSA) is 79.8 Å². The van der Waals surface area contributed by atoms with Crippen molar-refractivity contribution in [1.82, 2.24) is 14.2 Å². The second kappa shape index (κ2) is 6.67. The standard InChI is InChI=1S/C19H18F3N3O4S/c1-12-16-15(6-7-23-12)18(2)11-24(8-9-25(18)17(16)26)30(27,28)14-5-3-4-13(10-14)29-19(20,21)22/h3-7,10H,8-9,11H2,1-2H3. The van der Waals surface area contributed by atoms with Gasteiger partial charge < -0.3 is 9.64 Å². The molecule has 1 unspecified atom stereocenters. The predicted octanol–water partition coefficient (Wildman–Crippen LogP) is 2.66. The molecule has 0 bridgehead atoms. The number of piperazine rings is 1. The van der Waals surface area contributed by atoms with E-state index in [0.717, 1.165) is 12.1 Å². The molecule has 1 aromatic carbocycles. The number of amides is 1. The lowest BCUT2D eigenvalue weighted by atomic mass is 9.90. The molecule has 3 heterocycles. The van der Waals surface area contributed by atoms with Crippen molar-refractivity contribution in [1.29, 1.82) is 0 Å². The number of alkyl halides is 3. The highest BCUT2D eigenvalue weighted by atomic mass is 32.2. The minimum Gasteiger partial charge on any atom is -0.406 e. The number of halogens is 3. The number of ether oxygens (including phenoxy) is 1. The van der Waals surface area contributed by atoms with Crippen molar-refractivity contribution in [3.05, 3.63) is 53.3 Å². The van der Waals surface area contributed by atoms with Gasteiger partial charge >= 0.3 is 6.36 Å². The lowest BCUT2D eigenvalue weighted by molar-refractivity contribution is -0.274. The Labute approximate surface area is 171 Å². The van der Waals surface area contributed by atoms with E-state index in [2.05, 4.69) is 9.72 Å². The predicted molar refractivity (Wildman–Crippen MR) is 99.2 cm³/mol. The average molecular weight is 441 g/mol. The largest absolute Gasteiger partial charge is 0.573 e. The van der Waals surface area contributed by atoms with Gasteiger partial charge in [0.05, 0.1) is 21.7 Å². The summed E-state index contributed by atoms with van der Waals surface area (Å²) in [6.07, 6.45) is -3.36. The van der Waals surface area contributed by atoms with Crippen LogP contribution in [0.4, 0.5) is 13.2 Å². The first kappa shape index (κ1) is 20.6. The average Bonchev–Trinajstić information content (AvgIpc) is 2.88. The van der Waals surface area contributed by atoms with E-state index >= 15 is 0 Å². The number of rotatable bonds is 3. The van der Waals surface area contributed by atoms with Gasteiger partial charge in [-0.15, -0.1) is 13.2 Å².